The zero-order valence-electron chi connectivity index (χ0n) is 9.31. The van der Waals surface area contributed by atoms with Gasteiger partial charge < -0.3 is 11.1 Å². The van der Waals surface area contributed by atoms with E-state index in [9.17, 15) is 0 Å². The Morgan fingerprint density at radius 2 is 2.38 bits per heavy atom. The van der Waals surface area contributed by atoms with Crippen molar-refractivity contribution in [3.63, 3.8) is 0 Å². The number of aromatic nitrogens is 2. The molecule has 0 radical (unpaired) electrons. The molecule has 0 aromatic carbocycles. The molecule has 4 nitrogen and oxygen atoms in total. The molecule has 0 bridgehead atoms. The van der Waals surface area contributed by atoms with Crippen molar-refractivity contribution in [2.75, 3.05) is 11.9 Å². The zero-order valence-corrected chi connectivity index (χ0v) is 10.1. The molecule has 0 aliphatic rings. The minimum absolute atomic E-state index is 0.190. The Bertz CT molecular complexity index is 454. The summed E-state index contributed by atoms with van der Waals surface area (Å²) in [7, 11) is 0. The second-order valence-electron chi connectivity index (χ2n) is 3.79. The Morgan fingerprint density at radius 3 is 3.19 bits per heavy atom. The van der Waals surface area contributed by atoms with E-state index in [1.165, 1.54) is 0 Å². The molecule has 0 fully saturated rings. The van der Waals surface area contributed by atoms with Gasteiger partial charge in [0.1, 0.15) is 12.1 Å². The van der Waals surface area contributed by atoms with E-state index in [1.807, 2.05) is 11.4 Å². The molecule has 0 aliphatic heterocycles. The fourth-order valence-corrected chi connectivity index (χ4v) is 2.43. The van der Waals surface area contributed by atoms with Crippen molar-refractivity contribution in [3.8, 4) is 0 Å². The van der Waals surface area contributed by atoms with Gasteiger partial charge in [-0.2, -0.15) is 0 Å². The van der Waals surface area contributed by atoms with E-state index >= 15 is 0 Å². The number of thiophene rings is 1. The average Bonchev–Trinajstić information content (AvgIpc) is 2.75. The summed E-state index contributed by atoms with van der Waals surface area (Å²) >= 11 is 1.65. The maximum Gasteiger partial charge on any atom is 0.147 e. The Balaban J connectivity index is 2.06. The summed E-state index contributed by atoms with van der Waals surface area (Å²) in [6, 6.07) is 2.19. The van der Waals surface area contributed by atoms with Gasteiger partial charge >= 0.3 is 0 Å². The first-order valence-corrected chi connectivity index (χ1v) is 6.37. The van der Waals surface area contributed by atoms with Crippen LogP contribution in [0, 0.1) is 0 Å². The van der Waals surface area contributed by atoms with Crippen molar-refractivity contribution in [1.82, 2.24) is 9.97 Å². The summed E-state index contributed by atoms with van der Waals surface area (Å²) in [5, 5.41) is 5.32. The van der Waals surface area contributed by atoms with Gasteiger partial charge in [-0.1, -0.05) is 13.3 Å². The number of hydrogen-bond donors (Lipinski definition) is 2. The molecule has 16 heavy (non-hydrogen) atoms. The molecule has 0 amide bonds. The van der Waals surface area contributed by atoms with Crippen LogP contribution in [0.2, 0.25) is 0 Å². The van der Waals surface area contributed by atoms with Crippen LogP contribution in [-0.2, 0) is 0 Å². The number of hydrogen-bond acceptors (Lipinski definition) is 5. The van der Waals surface area contributed by atoms with E-state index in [0.717, 1.165) is 35.4 Å². The SMILES string of the molecule is CCCC(N)CNc1ncnc2ccsc12. The molecule has 0 saturated carbocycles. The van der Waals surface area contributed by atoms with Gasteiger partial charge in [-0.3, -0.25) is 0 Å². The van der Waals surface area contributed by atoms with E-state index < -0.39 is 0 Å². The number of nitrogens with one attached hydrogen (secondary N) is 1. The van der Waals surface area contributed by atoms with Gasteiger partial charge in [0.05, 0.1) is 10.2 Å². The molecule has 1 unspecified atom stereocenters. The summed E-state index contributed by atoms with van der Waals surface area (Å²) in [6.45, 7) is 2.90. The third kappa shape index (κ3) is 2.48. The quantitative estimate of drug-likeness (QED) is 0.835. The van der Waals surface area contributed by atoms with Gasteiger partial charge in [-0.25, -0.2) is 9.97 Å². The molecule has 2 aromatic heterocycles. The molecule has 3 N–H and O–H groups in total. The predicted molar refractivity (Wildman–Crippen MR) is 68.8 cm³/mol. The summed E-state index contributed by atoms with van der Waals surface area (Å²) in [5.41, 5.74) is 6.94. The number of nitrogens with zero attached hydrogens (tertiary/aromatic N) is 2. The van der Waals surface area contributed by atoms with Gasteiger partial charge in [-0.15, -0.1) is 11.3 Å². The van der Waals surface area contributed by atoms with Crippen molar-refractivity contribution >= 4 is 27.4 Å². The highest BCUT2D eigenvalue weighted by molar-refractivity contribution is 7.17. The topological polar surface area (TPSA) is 63.8 Å². The van der Waals surface area contributed by atoms with Crippen LogP contribution < -0.4 is 11.1 Å². The second kappa shape index (κ2) is 5.23. The Morgan fingerprint density at radius 1 is 1.50 bits per heavy atom. The molecule has 2 heterocycles. The third-order valence-electron chi connectivity index (χ3n) is 2.43. The van der Waals surface area contributed by atoms with Crippen LogP contribution in [0.1, 0.15) is 19.8 Å². The number of rotatable bonds is 5. The Kier molecular flexibility index (Phi) is 3.69. The highest BCUT2D eigenvalue weighted by Crippen LogP contribution is 2.24. The fourth-order valence-electron chi connectivity index (χ4n) is 1.62. The van der Waals surface area contributed by atoms with Crippen molar-refractivity contribution in [3.05, 3.63) is 17.8 Å². The highest BCUT2D eigenvalue weighted by atomic mass is 32.1. The first-order valence-electron chi connectivity index (χ1n) is 5.49. The van der Waals surface area contributed by atoms with E-state index in [0.29, 0.717) is 0 Å². The summed E-state index contributed by atoms with van der Waals surface area (Å²) in [6.07, 6.45) is 3.73. The van der Waals surface area contributed by atoms with E-state index in [-0.39, 0.29) is 6.04 Å². The standard InChI is InChI=1S/C11H16N4S/c1-2-3-8(12)6-13-11-10-9(4-5-16-10)14-7-15-11/h4-5,7-8H,2-3,6,12H2,1H3,(H,13,14,15). The van der Waals surface area contributed by atoms with Crippen molar-refractivity contribution in [2.45, 2.75) is 25.8 Å². The van der Waals surface area contributed by atoms with Crippen LogP contribution in [-0.4, -0.2) is 22.6 Å². The molecule has 2 rings (SSSR count). The van der Waals surface area contributed by atoms with E-state index in [2.05, 4.69) is 22.2 Å². The average molecular weight is 236 g/mol. The maximum absolute atomic E-state index is 5.95. The largest absolute Gasteiger partial charge is 0.367 e. The summed E-state index contributed by atoms with van der Waals surface area (Å²) in [5.74, 6) is 0.895. The monoisotopic (exact) mass is 236 g/mol. The lowest BCUT2D eigenvalue weighted by Crippen LogP contribution is -2.28. The lowest BCUT2D eigenvalue weighted by atomic mass is 10.2. The summed E-state index contributed by atoms with van der Waals surface area (Å²) < 4.78 is 1.10. The highest BCUT2D eigenvalue weighted by Gasteiger charge is 2.06. The molecule has 0 aliphatic carbocycles. The lowest BCUT2D eigenvalue weighted by Gasteiger charge is -2.12. The maximum atomic E-state index is 5.95. The van der Waals surface area contributed by atoms with E-state index in [1.54, 1.807) is 17.7 Å². The Hall–Kier alpha value is -1.20. The van der Waals surface area contributed by atoms with Crippen LogP contribution in [0.25, 0.3) is 10.2 Å². The molecule has 1 atom stereocenters. The van der Waals surface area contributed by atoms with Gasteiger partial charge in [0.2, 0.25) is 0 Å². The van der Waals surface area contributed by atoms with Crippen molar-refractivity contribution < 1.29 is 0 Å². The molecule has 0 saturated heterocycles. The van der Waals surface area contributed by atoms with Gasteiger partial charge in [0, 0.05) is 12.6 Å². The third-order valence-corrected chi connectivity index (χ3v) is 3.34. The molecule has 2 aromatic rings. The first kappa shape index (κ1) is 11.3. The molecule has 5 heteroatoms. The first-order chi connectivity index (χ1) is 7.81. The smallest absolute Gasteiger partial charge is 0.147 e. The number of fused-ring (bicyclic) bond motifs is 1. The fraction of sp³-hybridized carbons (Fsp3) is 0.455. The number of anilines is 1. The minimum atomic E-state index is 0.190. The minimum Gasteiger partial charge on any atom is -0.367 e. The molecule has 86 valence electrons. The van der Waals surface area contributed by atoms with Crippen molar-refractivity contribution in [2.24, 2.45) is 5.73 Å². The molecule has 0 spiro atoms. The second-order valence-corrected chi connectivity index (χ2v) is 4.70. The van der Waals surface area contributed by atoms with Crippen LogP contribution in [0.15, 0.2) is 17.8 Å². The van der Waals surface area contributed by atoms with Crippen molar-refractivity contribution in [1.29, 1.82) is 0 Å². The van der Waals surface area contributed by atoms with Gasteiger partial charge in [-0.05, 0) is 17.9 Å². The normalized spacial score (nSPS) is 12.9. The predicted octanol–water partition coefficient (Wildman–Crippen LogP) is 2.23. The van der Waals surface area contributed by atoms with Crippen LogP contribution in [0.5, 0.6) is 0 Å². The molecular formula is C11H16N4S. The summed E-state index contributed by atoms with van der Waals surface area (Å²) in [4.78, 5) is 8.44. The van der Waals surface area contributed by atoms with Gasteiger partial charge in [0.25, 0.3) is 0 Å². The Labute approximate surface area is 98.9 Å². The van der Waals surface area contributed by atoms with Gasteiger partial charge in [0.15, 0.2) is 0 Å². The lowest BCUT2D eigenvalue weighted by molar-refractivity contribution is 0.626. The zero-order chi connectivity index (χ0) is 11.4. The molecular weight excluding hydrogens is 220 g/mol. The van der Waals surface area contributed by atoms with Crippen LogP contribution in [0.3, 0.4) is 0 Å². The van der Waals surface area contributed by atoms with Crippen LogP contribution >= 0.6 is 11.3 Å². The van der Waals surface area contributed by atoms with Crippen LogP contribution in [0.4, 0.5) is 5.82 Å². The number of nitrogens with two attached hydrogens (primary N) is 1. The van der Waals surface area contributed by atoms with E-state index in [4.69, 9.17) is 5.73 Å².